The van der Waals surface area contributed by atoms with E-state index in [9.17, 15) is 9.59 Å². The first-order valence-electron chi connectivity index (χ1n) is 6.37. The standard InChI is InChI=1S/C15H15ClO3/c1-2-3-6-9-19-15-12(16)13(17)10-7-4-5-8-11(10)14(15)18/h4-5,7-8H,2-3,6,9H2,1H3. The predicted octanol–water partition coefficient (Wildman–Crippen LogP) is 3.72. The van der Waals surface area contributed by atoms with Gasteiger partial charge in [-0.15, -0.1) is 0 Å². The SMILES string of the molecule is CCCCCOC1=C(Cl)C(=O)c2ccccc2C1=O. The molecule has 0 heterocycles. The van der Waals surface area contributed by atoms with Crippen LogP contribution in [0.1, 0.15) is 46.9 Å². The van der Waals surface area contributed by atoms with Gasteiger partial charge >= 0.3 is 0 Å². The Morgan fingerprint density at radius 2 is 1.68 bits per heavy atom. The fourth-order valence-electron chi connectivity index (χ4n) is 1.98. The summed E-state index contributed by atoms with van der Waals surface area (Å²) in [4.78, 5) is 24.3. The number of ether oxygens (including phenoxy) is 1. The van der Waals surface area contributed by atoms with E-state index in [0.717, 1.165) is 19.3 Å². The molecule has 1 aromatic rings. The van der Waals surface area contributed by atoms with Crippen LogP contribution in [0.3, 0.4) is 0 Å². The van der Waals surface area contributed by atoms with Crippen molar-refractivity contribution in [2.24, 2.45) is 0 Å². The number of carbonyl (C=O) groups excluding carboxylic acids is 2. The van der Waals surface area contributed by atoms with Gasteiger partial charge in [0.1, 0.15) is 5.03 Å². The Hall–Kier alpha value is -1.61. The molecule has 0 saturated carbocycles. The third-order valence-electron chi connectivity index (χ3n) is 3.02. The number of halogens is 1. The summed E-state index contributed by atoms with van der Waals surface area (Å²) in [5.74, 6) is -0.666. The highest BCUT2D eigenvalue weighted by Gasteiger charge is 2.32. The number of Topliss-reactive ketones (excluding diaryl/α,β-unsaturated/α-hetero) is 2. The minimum Gasteiger partial charge on any atom is -0.488 e. The first-order chi connectivity index (χ1) is 9.16. The van der Waals surface area contributed by atoms with Gasteiger partial charge in [-0.05, 0) is 6.42 Å². The molecule has 0 fully saturated rings. The molecule has 1 aromatic carbocycles. The normalized spacial score (nSPS) is 14.6. The molecule has 2 rings (SSSR count). The summed E-state index contributed by atoms with van der Waals surface area (Å²) in [5, 5.41) is -0.111. The maximum Gasteiger partial charge on any atom is 0.230 e. The second-order valence-electron chi connectivity index (χ2n) is 4.40. The lowest BCUT2D eigenvalue weighted by Gasteiger charge is -2.17. The van der Waals surface area contributed by atoms with Crippen molar-refractivity contribution in [2.75, 3.05) is 6.61 Å². The van der Waals surface area contributed by atoms with Crippen LogP contribution >= 0.6 is 11.6 Å². The van der Waals surface area contributed by atoms with Crippen LogP contribution in [0, 0.1) is 0 Å². The number of carbonyl (C=O) groups is 2. The van der Waals surface area contributed by atoms with Crippen LogP contribution in [0.4, 0.5) is 0 Å². The summed E-state index contributed by atoms with van der Waals surface area (Å²) in [6, 6.07) is 6.65. The molecule has 0 unspecified atom stereocenters. The average Bonchev–Trinajstić information content (AvgIpc) is 2.44. The lowest BCUT2D eigenvalue weighted by molar-refractivity contribution is 0.0875. The third-order valence-corrected chi connectivity index (χ3v) is 3.36. The van der Waals surface area contributed by atoms with Crippen molar-refractivity contribution in [3.63, 3.8) is 0 Å². The highest BCUT2D eigenvalue weighted by atomic mass is 35.5. The Morgan fingerprint density at radius 3 is 2.32 bits per heavy atom. The molecular weight excluding hydrogens is 264 g/mol. The van der Waals surface area contributed by atoms with Crippen molar-refractivity contribution in [1.29, 1.82) is 0 Å². The van der Waals surface area contributed by atoms with Gasteiger partial charge in [-0.25, -0.2) is 0 Å². The van der Waals surface area contributed by atoms with Crippen LogP contribution in [-0.2, 0) is 4.74 Å². The van der Waals surface area contributed by atoms with Crippen LogP contribution in [0.2, 0.25) is 0 Å². The van der Waals surface area contributed by atoms with Crippen LogP contribution in [0.5, 0.6) is 0 Å². The number of allylic oxidation sites excluding steroid dienone is 2. The smallest absolute Gasteiger partial charge is 0.230 e. The lowest BCUT2D eigenvalue weighted by Crippen LogP contribution is -2.21. The molecule has 0 aromatic heterocycles. The second-order valence-corrected chi connectivity index (χ2v) is 4.78. The van der Waals surface area contributed by atoms with Gasteiger partial charge in [0, 0.05) is 11.1 Å². The molecule has 4 heteroatoms. The minimum atomic E-state index is -0.345. The van der Waals surface area contributed by atoms with Gasteiger partial charge in [-0.1, -0.05) is 55.6 Å². The van der Waals surface area contributed by atoms with E-state index in [1.54, 1.807) is 24.3 Å². The Morgan fingerprint density at radius 1 is 1.05 bits per heavy atom. The molecule has 1 aliphatic rings. The molecule has 100 valence electrons. The summed E-state index contributed by atoms with van der Waals surface area (Å²) in [7, 11) is 0. The van der Waals surface area contributed by atoms with Gasteiger partial charge in [0.2, 0.25) is 11.6 Å². The van der Waals surface area contributed by atoms with E-state index >= 15 is 0 Å². The molecule has 0 atom stereocenters. The van der Waals surface area contributed by atoms with E-state index < -0.39 is 0 Å². The third kappa shape index (κ3) is 2.71. The van der Waals surface area contributed by atoms with Crippen LogP contribution in [0.25, 0.3) is 0 Å². The highest BCUT2D eigenvalue weighted by molar-refractivity contribution is 6.49. The van der Waals surface area contributed by atoms with E-state index in [4.69, 9.17) is 16.3 Å². The molecule has 0 N–H and O–H groups in total. The molecule has 0 bridgehead atoms. The Kier molecular flexibility index (Phi) is 4.38. The molecule has 0 spiro atoms. The zero-order valence-electron chi connectivity index (χ0n) is 10.7. The van der Waals surface area contributed by atoms with Crippen molar-refractivity contribution < 1.29 is 14.3 Å². The maximum atomic E-state index is 12.2. The largest absolute Gasteiger partial charge is 0.488 e. The van der Waals surface area contributed by atoms with Crippen molar-refractivity contribution in [2.45, 2.75) is 26.2 Å². The molecule has 1 aliphatic carbocycles. The van der Waals surface area contributed by atoms with Crippen molar-refractivity contribution in [3.05, 3.63) is 46.2 Å². The summed E-state index contributed by atoms with van der Waals surface area (Å²) in [5.41, 5.74) is 0.709. The molecule has 0 amide bonds. The monoisotopic (exact) mass is 278 g/mol. The number of hydrogen-bond acceptors (Lipinski definition) is 3. The number of benzene rings is 1. The highest BCUT2D eigenvalue weighted by Crippen LogP contribution is 2.29. The molecular formula is C15H15ClO3. The predicted molar refractivity (Wildman–Crippen MR) is 73.5 cm³/mol. The number of unbranched alkanes of at least 4 members (excludes halogenated alkanes) is 2. The molecule has 0 saturated heterocycles. The molecule has 19 heavy (non-hydrogen) atoms. The van der Waals surface area contributed by atoms with Gasteiger partial charge in [0.05, 0.1) is 6.61 Å². The molecule has 0 radical (unpaired) electrons. The van der Waals surface area contributed by atoms with E-state index in [2.05, 4.69) is 6.92 Å². The zero-order valence-corrected chi connectivity index (χ0v) is 11.5. The average molecular weight is 279 g/mol. The van der Waals surface area contributed by atoms with Crippen LogP contribution < -0.4 is 0 Å². The summed E-state index contributed by atoms with van der Waals surface area (Å²) in [6.07, 6.45) is 2.92. The number of ketones is 2. The Bertz CT molecular complexity index is 546. The van der Waals surface area contributed by atoms with Crippen LogP contribution in [-0.4, -0.2) is 18.2 Å². The van der Waals surface area contributed by atoms with Gasteiger partial charge in [0.25, 0.3) is 0 Å². The van der Waals surface area contributed by atoms with Crippen LogP contribution in [0.15, 0.2) is 35.1 Å². The van der Waals surface area contributed by atoms with Gasteiger partial charge in [-0.3, -0.25) is 9.59 Å². The first-order valence-corrected chi connectivity index (χ1v) is 6.75. The van der Waals surface area contributed by atoms with E-state index in [1.807, 2.05) is 0 Å². The Labute approximate surface area is 117 Å². The number of hydrogen-bond donors (Lipinski definition) is 0. The summed E-state index contributed by atoms with van der Waals surface area (Å²) < 4.78 is 5.41. The second kappa shape index (κ2) is 6.02. The topological polar surface area (TPSA) is 43.4 Å². The summed E-state index contributed by atoms with van der Waals surface area (Å²) in [6.45, 7) is 2.48. The quantitative estimate of drug-likeness (QED) is 0.771. The van der Waals surface area contributed by atoms with Gasteiger partial charge in [-0.2, -0.15) is 0 Å². The van der Waals surface area contributed by atoms with Crippen molar-refractivity contribution >= 4 is 23.2 Å². The van der Waals surface area contributed by atoms with Crippen molar-refractivity contribution in [1.82, 2.24) is 0 Å². The number of fused-ring (bicyclic) bond motifs is 1. The minimum absolute atomic E-state index is 0.0125. The van der Waals surface area contributed by atoms with Crippen molar-refractivity contribution in [3.8, 4) is 0 Å². The maximum absolute atomic E-state index is 12.2. The molecule has 0 aliphatic heterocycles. The fraction of sp³-hybridized carbons (Fsp3) is 0.333. The lowest BCUT2D eigenvalue weighted by atomic mass is 9.93. The number of rotatable bonds is 5. The molecule has 3 nitrogen and oxygen atoms in total. The summed E-state index contributed by atoms with van der Waals surface area (Å²) >= 11 is 5.95. The van der Waals surface area contributed by atoms with E-state index in [-0.39, 0.29) is 22.4 Å². The first kappa shape index (κ1) is 13.8. The van der Waals surface area contributed by atoms with E-state index in [0.29, 0.717) is 17.7 Å². The fourth-order valence-corrected chi connectivity index (χ4v) is 2.22. The van der Waals surface area contributed by atoms with Gasteiger partial charge in [0.15, 0.2) is 5.76 Å². The van der Waals surface area contributed by atoms with Gasteiger partial charge < -0.3 is 4.74 Å². The Balaban J connectivity index is 2.22. The van der Waals surface area contributed by atoms with E-state index in [1.165, 1.54) is 0 Å². The zero-order chi connectivity index (χ0) is 13.8.